The van der Waals surface area contributed by atoms with Gasteiger partial charge in [0.1, 0.15) is 0 Å². The third kappa shape index (κ3) is 2.60. The van der Waals surface area contributed by atoms with Gasteiger partial charge in [-0.2, -0.15) is 5.10 Å². The molecule has 2 aromatic heterocycles. The Morgan fingerprint density at radius 1 is 1.20 bits per heavy atom. The number of benzene rings is 1. The van der Waals surface area contributed by atoms with Crippen LogP contribution in [0.1, 0.15) is 11.1 Å². The number of pyridine rings is 1. The lowest BCUT2D eigenvalue weighted by Gasteiger charge is -2.06. The van der Waals surface area contributed by atoms with Gasteiger partial charge < -0.3 is 5.32 Å². The molecule has 1 N–H and O–H groups in total. The zero-order valence-electron chi connectivity index (χ0n) is 11.2. The molecule has 0 aliphatic rings. The van der Waals surface area contributed by atoms with Crippen molar-refractivity contribution in [1.82, 2.24) is 20.1 Å². The predicted molar refractivity (Wildman–Crippen MR) is 80.9 cm³/mol. The Hall–Kier alpha value is -2.46. The van der Waals surface area contributed by atoms with Crippen molar-refractivity contribution in [3.8, 4) is 0 Å². The predicted octanol–water partition coefficient (Wildman–Crippen LogP) is 2.82. The Bertz CT molecular complexity index is 725. The molecule has 0 aliphatic carbocycles. The summed E-state index contributed by atoms with van der Waals surface area (Å²) in [7, 11) is 0. The minimum absolute atomic E-state index is 0.775. The molecule has 0 amide bonds. The van der Waals surface area contributed by atoms with Crippen molar-refractivity contribution in [2.45, 2.75) is 13.1 Å². The van der Waals surface area contributed by atoms with Gasteiger partial charge in [-0.1, -0.05) is 30.8 Å². The normalized spacial score (nSPS) is 10.8. The first-order valence-electron chi connectivity index (χ1n) is 6.56. The molecule has 3 rings (SSSR count). The molecule has 0 saturated heterocycles. The van der Waals surface area contributed by atoms with E-state index in [0.717, 1.165) is 24.2 Å². The molecule has 0 aliphatic heterocycles. The molecule has 0 radical (unpaired) electrons. The molecule has 0 saturated carbocycles. The lowest BCUT2D eigenvalue weighted by molar-refractivity contribution is 0.695. The van der Waals surface area contributed by atoms with E-state index in [9.17, 15) is 0 Å². The second-order valence-corrected chi connectivity index (χ2v) is 4.61. The molecule has 0 bridgehead atoms. The molecule has 0 atom stereocenters. The maximum atomic E-state index is 4.45. The Morgan fingerprint density at radius 3 is 2.95 bits per heavy atom. The van der Waals surface area contributed by atoms with Crippen LogP contribution < -0.4 is 5.32 Å². The monoisotopic (exact) mass is 264 g/mol. The van der Waals surface area contributed by atoms with Gasteiger partial charge in [-0.3, -0.25) is 4.98 Å². The van der Waals surface area contributed by atoms with Gasteiger partial charge >= 0.3 is 0 Å². The van der Waals surface area contributed by atoms with Crippen LogP contribution in [-0.4, -0.2) is 14.8 Å². The van der Waals surface area contributed by atoms with Gasteiger partial charge in [-0.05, 0) is 11.6 Å². The highest BCUT2D eigenvalue weighted by Gasteiger charge is 2.02. The molecular weight excluding hydrogens is 248 g/mol. The standard InChI is InChI=1S/C16H16N4/c1-2-20-12-13(10-19-20)9-17-11-15-6-3-5-14-7-4-8-18-16(14)15/h2-8,10,12,17H,1,9,11H2. The summed E-state index contributed by atoms with van der Waals surface area (Å²) >= 11 is 0. The van der Waals surface area contributed by atoms with Gasteiger partial charge in [-0.25, -0.2) is 4.68 Å². The van der Waals surface area contributed by atoms with E-state index in [1.54, 1.807) is 10.9 Å². The lowest BCUT2D eigenvalue weighted by atomic mass is 10.1. The van der Waals surface area contributed by atoms with Crippen molar-refractivity contribution >= 4 is 17.1 Å². The van der Waals surface area contributed by atoms with Gasteiger partial charge in [0.2, 0.25) is 0 Å². The minimum atomic E-state index is 0.775. The van der Waals surface area contributed by atoms with E-state index in [4.69, 9.17) is 0 Å². The lowest BCUT2D eigenvalue weighted by Crippen LogP contribution is -2.12. The number of para-hydroxylation sites is 1. The number of hydrogen-bond donors (Lipinski definition) is 1. The molecular formula is C16H16N4. The van der Waals surface area contributed by atoms with Crippen LogP contribution in [0.2, 0.25) is 0 Å². The van der Waals surface area contributed by atoms with E-state index in [-0.39, 0.29) is 0 Å². The molecule has 100 valence electrons. The average Bonchev–Trinajstić information content (AvgIpc) is 2.95. The fraction of sp³-hybridized carbons (Fsp3) is 0.125. The largest absolute Gasteiger partial charge is 0.308 e. The number of nitrogens with zero attached hydrogens (tertiary/aromatic N) is 3. The van der Waals surface area contributed by atoms with Crippen molar-refractivity contribution in [3.05, 3.63) is 66.6 Å². The second kappa shape index (κ2) is 5.67. The molecule has 4 heteroatoms. The Balaban J connectivity index is 1.69. The third-order valence-corrected chi connectivity index (χ3v) is 3.20. The molecule has 1 aromatic carbocycles. The van der Waals surface area contributed by atoms with E-state index < -0.39 is 0 Å². The highest BCUT2D eigenvalue weighted by Crippen LogP contribution is 2.15. The quantitative estimate of drug-likeness (QED) is 0.770. The van der Waals surface area contributed by atoms with Crippen LogP contribution in [0.5, 0.6) is 0 Å². The van der Waals surface area contributed by atoms with Gasteiger partial charge in [0.05, 0.1) is 11.7 Å². The maximum absolute atomic E-state index is 4.45. The summed E-state index contributed by atoms with van der Waals surface area (Å²) in [6.45, 7) is 5.24. The highest BCUT2D eigenvalue weighted by atomic mass is 15.2. The summed E-state index contributed by atoms with van der Waals surface area (Å²) in [5, 5.41) is 8.75. The van der Waals surface area contributed by atoms with Crippen LogP contribution in [0, 0.1) is 0 Å². The third-order valence-electron chi connectivity index (χ3n) is 3.20. The fourth-order valence-electron chi connectivity index (χ4n) is 2.22. The molecule has 0 fully saturated rings. The maximum Gasteiger partial charge on any atom is 0.0746 e. The SMILES string of the molecule is C=Cn1cc(CNCc2cccc3cccnc23)cn1. The van der Waals surface area contributed by atoms with E-state index in [0.29, 0.717) is 0 Å². The average molecular weight is 264 g/mol. The molecule has 0 spiro atoms. The first kappa shape index (κ1) is 12.6. The molecule has 4 nitrogen and oxygen atoms in total. The summed E-state index contributed by atoms with van der Waals surface area (Å²) in [4.78, 5) is 4.45. The van der Waals surface area contributed by atoms with Crippen LogP contribution in [0.15, 0.2) is 55.5 Å². The van der Waals surface area contributed by atoms with Crippen LogP contribution in [-0.2, 0) is 13.1 Å². The van der Waals surface area contributed by atoms with Crippen molar-refractivity contribution in [2.24, 2.45) is 0 Å². The van der Waals surface area contributed by atoms with Crippen molar-refractivity contribution in [3.63, 3.8) is 0 Å². The topological polar surface area (TPSA) is 42.7 Å². The van der Waals surface area contributed by atoms with Crippen LogP contribution in [0.25, 0.3) is 17.1 Å². The van der Waals surface area contributed by atoms with Crippen LogP contribution in [0.3, 0.4) is 0 Å². The van der Waals surface area contributed by atoms with Crippen LogP contribution in [0.4, 0.5) is 0 Å². The number of hydrogen-bond acceptors (Lipinski definition) is 3. The van der Waals surface area contributed by atoms with Gasteiger partial charge in [-0.15, -0.1) is 0 Å². The highest BCUT2D eigenvalue weighted by molar-refractivity contribution is 5.81. The molecule has 2 heterocycles. The Kier molecular flexibility index (Phi) is 3.56. The molecule has 0 unspecified atom stereocenters. The summed E-state index contributed by atoms with van der Waals surface area (Å²) < 4.78 is 1.70. The van der Waals surface area contributed by atoms with E-state index in [1.807, 2.05) is 24.7 Å². The zero-order valence-corrected chi connectivity index (χ0v) is 11.2. The van der Waals surface area contributed by atoms with E-state index in [1.165, 1.54) is 10.9 Å². The van der Waals surface area contributed by atoms with Gasteiger partial charge in [0.25, 0.3) is 0 Å². The molecule has 20 heavy (non-hydrogen) atoms. The number of fused-ring (bicyclic) bond motifs is 1. The summed E-state index contributed by atoms with van der Waals surface area (Å²) in [6, 6.07) is 10.3. The Labute approximate surface area is 117 Å². The number of nitrogens with one attached hydrogen (secondary N) is 1. The van der Waals surface area contributed by atoms with Crippen molar-refractivity contribution < 1.29 is 0 Å². The van der Waals surface area contributed by atoms with E-state index >= 15 is 0 Å². The molecule has 3 aromatic rings. The smallest absolute Gasteiger partial charge is 0.0746 e. The number of aromatic nitrogens is 3. The minimum Gasteiger partial charge on any atom is -0.308 e. The summed E-state index contributed by atoms with van der Waals surface area (Å²) in [5.74, 6) is 0. The van der Waals surface area contributed by atoms with E-state index in [2.05, 4.69) is 46.2 Å². The van der Waals surface area contributed by atoms with Crippen molar-refractivity contribution in [1.29, 1.82) is 0 Å². The zero-order chi connectivity index (χ0) is 13.8. The van der Waals surface area contributed by atoms with Gasteiger partial charge in [0, 0.05) is 42.6 Å². The number of rotatable bonds is 5. The summed E-state index contributed by atoms with van der Waals surface area (Å²) in [5.41, 5.74) is 3.40. The first-order valence-corrected chi connectivity index (χ1v) is 6.56. The second-order valence-electron chi connectivity index (χ2n) is 4.61. The Morgan fingerprint density at radius 2 is 2.10 bits per heavy atom. The van der Waals surface area contributed by atoms with Gasteiger partial charge in [0.15, 0.2) is 0 Å². The first-order chi connectivity index (χ1) is 9.86. The van der Waals surface area contributed by atoms with Crippen molar-refractivity contribution in [2.75, 3.05) is 0 Å². The van der Waals surface area contributed by atoms with Crippen LogP contribution >= 0.6 is 0 Å². The fourth-order valence-corrected chi connectivity index (χ4v) is 2.22. The summed E-state index contributed by atoms with van der Waals surface area (Å²) in [6.07, 6.45) is 7.31.